The number of ketones is 2. The fraction of sp³-hybridized carbons (Fsp3) is 0.556. The molecule has 2 saturated heterocycles. The van der Waals surface area contributed by atoms with Crippen LogP contribution in [0, 0.1) is 32.6 Å². The standard InChI is InChI=1S/C18H20O3/c1-8-6-9(2)13(10(3)7-8)16-17(19)14-11-4-5-12(21-11)15(14)18(16)20/h6-7,11-12,14-16H,4-5H2,1-3H3/t11-,12+,14-,15+,16?. The Balaban J connectivity index is 1.81. The van der Waals surface area contributed by atoms with E-state index in [9.17, 15) is 9.59 Å². The van der Waals surface area contributed by atoms with Gasteiger partial charge in [0.15, 0.2) is 11.6 Å². The topological polar surface area (TPSA) is 43.4 Å². The second-order valence-electron chi connectivity index (χ2n) is 6.89. The van der Waals surface area contributed by atoms with Crippen LogP contribution in [0.2, 0.25) is 0 Å². The summed E-state index contributed by atoms with van der Waals surface area (Å²) in [5.74, 6) is -0.699. The van der Waals surface area contributed by atoms with Gasteiger partial charge in [0.05, 0.1) is 24.0 Å². The zero-order valence-corrected chi connectivity index (χ0v) is 12.7. The molecular formula is C18H20O3. The highest BCUT2D eigenvalue weighted by atomic mass is 16.5. The predicted molar refractivity (Wildman–Crippen MR) is 78.3 cm³/mol. The smallest absolute Gasteiger partial charge is 0.154 e. The maximum Gasteiger partial charge on any atom is 0.154 e. The third kappa shape index (κ3) is 1.64. The normalized spacial score (nSPS) is 37.4. The van der Waals surface area contributed by atoms with Crippen molar-refractivity contribution in [2.45, 2.75) is 51.7 Å². The largest absolute Gasteiger partial charge is 0.373 e. The molecule has 3 fully saturated rings. The van der Waals surface area contributed by atoms with Gasteiger partial charge in [0, 0.05) is 0 Å². The summed E-state index contributed by atoms with van der Waals surface area (Å²) in [5, 5.41) is 0. The van der Waals surface area contributed by atoms with Gasteiger partial charge in [-0.05, 0) is 50.3 Å². The average molecular weight is 284 g/mol. The van der Waals surface area contributed by atoms with Gasteiger partial charge in [-0.1, -0.05) is 17.7 Å². The Kier molecular flexibility index (Phi) is 2.68. The molecule has 4 rings (SSSR count). The van der Waals surface area contributed by atoms with E-state index in [0.29, 0.717) is 0 Å². The summed E-state index contributed by atoms with van der Waals surface area (Å²) in [6, 6.07) is 4.14. The number of carbonyl (C=O) groups excluding carboxylic acids is 2. The average Bonchev–Trinajstić information content (AvgIpc) is 3.06. The molecule has 2 heterocycles. The van der Waals surface area contributed by atoms with Crippen LogP contribution in [0.1, 0.15) is 41.0 Å². The third-order valence-electron chi connectivity index (χ3n) is 5.53. The van der Waals surface area contributed by atoms with Crippen LogP contribution in [-0.4, -0.2) is 23.8 Å². The van der Waals surface area contributed by atoms with Gasteiger partial charge in [-0.25, -0.2) is 0 Å². The molecule has 21 heavy (non-hydrogen) atoms. The van der Waals surface area contributed by atoms with Crippen molar-refractivity contribution in [2.75, 3.05) is 0 Å². The quantitative estimate of drug-likeness (QED) is 0.745. The molecule has 2 aliphatic heterocycles. The first-order valence-corrected chi connectivity index (χ1v) is 7.79. The second-order valence-corrected chi connectivity index (χ2v) is 6.89. The summed E-state index contributed by atoms with van der Waals surface area (Å²) in [5.41, 5.74) is 4.25. The van der Waals surface area contributed by atoms with Gasteiger partial charge in [-0.15, -0.1) is 0 Å². The van der Waals surface area contributed by atoms with Crippen molar-refractivity contribution < 1.29 is 14.3 Å². The molecule has 0 aromatic heterocycles. The fourth-order valence-electron chi connectivity index (χ4n) is 4.86. The van der Waals surface area contributed by atoms with Gasteiger partial charge in [0.1, 0.15) is 5.92 Å². The van der Waals surface area contributed by atoms with Crippen LogP contribution in [0.25, 0.3) is 0 Å². The zero-order chi connectivity index (χ0) is 14.9. The summed E-state index contributed by atoms with van der Waals surface area (Å²) in [6.07, 6.45) is 1.85. The Morgan fingerprint density at radius 1 is 0.905 bits per heavy atom. The molecule has 1 aromatic carbocycles. The number of Topliss-reactive ketones (excluding diaryl/α,β-unsaturated/α-hetero) is 2. The Labute approximate surface area is 124 Å². The van der Waals surface area contributed by atoms with Gasteiger partial charge in [-0.3, -0.25) is 9.59 Å². The first kappa shape index (κ1) is 13.2. The fourth-order valence-corrected chi connectivity index (χ4v) is 4.86. The van der Waals surface area contributed by atoms with Crippen molar-refractivity contribution in [3.63, 3.8) is 0 Å². The van der Waals surface area contributed by atoms with E-state index in [2.05, 4.69) is 12.1 Å². The Hall–Kier alpha value is -1.48. The molecule has 5 atom stereocenters. The van der Waals surface area contributed by atoms with E-state index in [-0.39, 0.29) is 35.6 Å². The predicted octanol–water partition coefficient (Wildman–Crippen LogP) is 2.64. The summed E-state index contributed by atoms with van der Waals surface area (Å²) >= 11 is 0. The lowest BCUT2D eigenvalue weighted by Gasteiger charge is -2.17. The zero-order valence-electron chi connectivity index (χ0n) is 12.7. The lowest BCUT2D eigenvalue weighted by atomic mass is 9.81. The summed E-state index contributed by atoms with van der Waals surface area (Å²) < 4.78 is 5.80. The van der Waals surface area contributed by atoms with E-state index >= 15 is 0 Å². The van der Waals surface area contributed by atoms with Crippen molar-refractivity contribution in [3.05, 3.63) is 34.4 Å². The molecule has 3 aliphatic rings. The van der Waals surface area contributed by atoms with Crippen molar-refractivity contribution >= 4 is 11.6 Å². The molecule has 110 valence electrons. The van der Waals surface area contributed by atoms with E-state index in [4.69, 9.17) is 4.74 Å². The van der Waals surface area contributed by atoms with Crippen LogP contribution in [0.15, 0.2) is 12.1 Å². The number of rotatable bonds is 1. The van der Waals surface area contributed by atoms with Crippen LogP contribution in [-0.2, 0) is 14.3 Å². The first-order chi connectivity index (χ1) is 9.99. The van der Waals surface area contributed by atoms with Crippen molar-refractivity contribution in [1.82, 2.24) is 0 Å². The molecule has 1 aromatic rings. The summed E-state index contributed by atoms with van der Waals surface area (Å²) in [7, 11) is 0. The first-order valence-electron chi connectivity index (χ1n) is 7.79. The number of aryl methyl sites for hydroxylation is 3. The molecule has 3 heteroatoms. The Morgan fingerprint density at radius 3 is 1.86 bits per heavy atom. The van der Waals surface area contributed by atoms with E-state index < -0.39 is 5.92 Å². The summed E-state index contributed by atoms with van der Waals surface area (Å²) in [6.45, 7) is 6.06. The van der Waals surface area contributed by atoms with E-state index in [1.807, 2.05) is 20.8 Å². The van der Waals surface area contributed by atoms with Crippen molar-refractivity contribution in [1.29, 1.82) is 0 Å². The number of hydrogen-bond acceptors (Lipinski definition) is 3. The number of ether oxygens (including phenoxy) is 1. The highest BCUT2D eigenvalue weighted by molar-refractivity contribution is 6.17. The van der Waals surface area contributed by atoms with Gasteiger partial charge < -0.3 is 4.74 Å². The van der Waals surface area contributed by atoms with Crippen molar-refractivity contribution in [3.8, 4) is 0 Å². The molecule has 1 saturated carbocycles. The molecule has 1 aliphatic carbocycles. The molecule has 2 bridgehead atoms. The number of fused-ring (bicyclic) bond motifs is 5. The Bertz CT molecular complexity index is 609. The van der Waals surface area contributed by atoms with Crippen LogP contribution < -0.4 is 0 Å². The van der Waals surface area contributed by atoms with Crippen LogP contribution in [0.4, 0.5) is 0 Å². The molecule has 1 unspecified atom stereocenters. The highest BCUT2D eigenvalue weighted by Crippen LogP contribution is 2.52. The monoisotopic (exact) mass is 284 g/mol. The summed E-state index contributed by atoms with van der Waals surface area (Å²) in [4.78, 5) is 25.8. The van der Waals surface area contributed by atoms with E-state index in [0.717, 1.165) is 29.5 Å². The molecule has 3 nitrogen and oxygen atoms in total. The van der Waals surface area contributed by atoms with Gasteiger partial charge in [0.25, 0.3) is 0 Å². The molecule has 0 amide bonds. The van der Waals surface area contributed by atoms with Crippen LogP contribution >= 0.6 is 0 Å². The highest BCUT2D eigenvalue weighted by Gasteiger charge is 2.63. The van der Waals surface area contributed by atoms with Crippen LogP contribution in [0.3, 0.4) is 0 Å². The van der Waals surface area contributed by atoms with Crippen molar-refractivity contribution in [2.24, 2.45) is 11.8 Å². The van der Waals surface area contributed by atoms with Gasteiger partial charge >= 0.3 is 0 Å². The van der Waals surface area contributed by atoms with Gasteiger partial charge in [-0.2, -0.15) is 0 Å². The minimum absolute atomic E-state index is 0.00693. The van der Waals surface area contributed by atoms with E-state index in [1.165, 1.54) is 5.56 Å². The second kappa shape index (κ2) is 4.26. The van der Waals surface area contributed by atoms with E-state index in [1.54, 1.807) is 0 Å². The minimum Gasteiger partial charge on any atom is -0.373 e. The SMILES string of the molecule is Cc1cc(C)c(C2C(=O)[C@@H]3[C@H](C2=O)[C@H]2CC[C@@H]3O2)c(C)c1. The number of carbonyl (C=O) groups is 2. The maximum atomic E-state index is 12.9. The molecule has 0 spiro atoms. The maximum absolute atomic E-state index is 12.9. The third-order valence-corrected chi connectivity index (χ3v) is 5.53. The lowest BCUT2D eigenvalue weighted by Crippen LogP contribution is -2.29. The lowest BCUT2D eigenvalue weighted by molar-refractivity contribution is -0.127. The minimum atomic E-state index is -0.549. The van der Waals surface area contributed by atoms with Crippen LogP contribution in [0.5, 0.6) is 0 Å². The molecular weight excluding hydrogens is 264 g/mol. The van der Waals surface area contributed by atoms with Gasteiger partial charge in [0.2, 0.25) is 0 Å². The number of hydrogen-bond donors (Lipinski definition) is 0. The number of benzene rings is 1. The molecule has 0 radical (unpaired) electrons. The molecule has 0 N–H and O–H groups in total. The Morgan fingerprint density at radius 2 is 1.38 bits per heavy atom.